The molecule has 0 bridgehead atoms. The molecule has 0 radical (unpaired) electrons. The molecule has 0 unspecified atom stereocenters. The maximum absolute atomic E-state index is 6.20. The minimum absolute atomic E-state index is 0.170. The van der Waals surface area contributed by atoms with Crippen LogP contribution in [-0.4, -0.2) is 23.4 Å². The van der Waals surface area contributed by atoms with Crippen LogP contribution in [0.15, 0.2) is 12.1 Å². The molecule has 0 spiro atoms. The van der Waals surface area contributed by atoms with E-state index in [2.05, 4.69) is 9.97 Å². The topological polar surface area (TPSA) is 79.5 Å². The van der Waals surface area contributed by atoms with Crippen molar-refractivity contribution >= 4 is 17.4 Å². The Morgan fingerprint density at radius 1 is 1.19 bits per heavy atom. The van der Waals surface area contributed by atoms with Crippen molar-refractivity contribution in [1.29, 1.82) is 0 Å². The summed E-state index contributed by atoms with van der Waals surface area (Å²) in [6.07, 6.45) is 0.730. The van der Waals surface area contributed by atoms with E-state index in [4.69, 9.17) is 31.5 Å². The number of nitrogen functional groups attached to an aromatic ring is 1. The average molecular weight is 306 g/mol. The van der Waals surface area contributed by atoms with E-state index in [1.165, 1.54) is 0 Å². The van der Waals surface area contributed by atoms with Gasteiger partial charge in [-0.05, 0) is 12.1 Å². The lowest BCUT2D eigenvalue weighted by atomic mass is 10.1. The molecule has 2 aromatic rings. The first-order valence-corrected chi connectivity index (χ1v) is 6.92. The Kier molecular flexibility index (Phi) is 2.87. The van der Waals surface area contributed by atoms with Crippen LogP contribution < -0.4 is 15.2 Å². The summed E-state index contributed by atoms with van der Waals surface area (Å²) in [6, 6.07) is 3.57. The monoisotopic (exact) mass is 305 g/mol. The average Bonchev–Trinajstić information content (AvgIpc) is 2.96. The Morgan fingerprint density at radius 3 is 3.00 bits per heavy atom. The van der Waals surface area contributed by atoms with Gasteiger partial charge >= 0.3 is 0 Å². The van der Waals surface area contributed by atoms with Crippen LogP contribution in [0.2, 0.25) is 5.02 Å². The second-order valence-electron chi connectivity index (χ2n) is 4.85. The van der Waals surface area contributed by atoms with Crippen LogP contribution in [0.25, 0.3) is 11.4 Å². The zero-order valence-corrected chi connectivity index (χ0v) is 11.8. The smallest absolute Gasteiger partial charge is 0.231 e. The zero-order chi connectivity index (χ0) is 14.4. The molecule has 1 aromatic heterocycles. The van der Waals surface area contributed by atoms with Crippen molar-refractivity contribution in [2.75, 3.05) is 19.1 Å². The summed E-state index contributed by atoms with van der Waals surface area (Å²) in [4.78, 5) is 8.94. The van der Waals surface area contributed by atoms with E-state index in [0.29, 0.717) is 41.4 Å². The van der Waals surface area contributed by atoms with Gasteiger partial charge in [-0.1, -0.05) is 11.6 Å². The molecule has 0 atom stereocenters. The molecular formula is C14H12ClN3O3. The quantitative estimate of drug-likeness (QED) is 0.870. The van der Waals surface area contributed by atoms with Gasteiger partial charge in [-0.2, -0.15) is 0 Å². The van der Waals surface area contributed by atoms with Gasteiger partial charge in [0, 0.05) is 17.5 Å². The van der Waals surface area contributed by atoms with E-state index >= 15 is 0 Å². The summed E-state index contributed by atoms with van der Waals surface area (Å²) in [5.41, 5.74) is 8.57. The molecule has 2 N–H and O–H groups in total. The van der Waals surface area contributed by atoms with E-state index < -0.39 is 0 Å². The van der Waals surface area contributed by atoms with Gasteiger partial charge in [-0.25, -0.2) is 9.97 Å². The number of anilines is 1. The van der Waals surface area contributed by atoms with Crippen LogP contribution in [0, 0.1) is 0 Å². The molecule has 1 aromatic carbocycles. The van der Waals surface area contributed by atoms with Gasteiger partial charge in [-0.15, -0.1) is 0 Å². The molecular weight excluding hydrogens is 294 g/mol. The fourth-order valence-corrected chi connectivity index (χ4v) is 2.75. The molecule has 0 saturated carbocycles. The third-order valence-electron chi connectivity index (χ3n) is 3.54. The Hall–Kier alpha value is -2.05. The SMILES string of the molecule is Nc1nc(-c2cc(Cl)c3c(c2)OCO3)nc2c1COCC2. The minimum atomic E-state index is 0.170. The van der Waals surface area contributed by atoms with Crippen LogP contribution in [0.1, 0.15) is 11.3 Å². The number of aromatic nitrogens is 2. The fourth-order valence-electron chi connectivity index (χ4n) is 2.48. The first kappa shape index (κ1) is 12.7. The third-order valence-corrected chi connectivity index (χ3v) is 3.82. The van der Waals surface area contributed by atoms with Gasteiger partial charge in [0.15, 0.2) is 17.3 Å². The van der Waals surface area contributed by atoms with Gasteiger partial charge in [-0.3, -0.25) is 0 Å². The van der Waals surface area contributed by atoms with Crippen LogP contribution in [0.3, 0.4) is 0 Å². The van der Waals surface area contributed by atoms with Crippen molar-refractivity contribution in [3.05, 3.63) is 28.4 Å². The number of hydrogen-bond donors (Lipinski definition) is 1. The molecule has 21 heavy (non-hydrogen) atoms. The molecule has 2 aliphatic heterocycles. The first-order valence-electron chi connectivity index (χ1n) is 6.55. The lowest BCUT2D eigenvalue weighted by Crippen LogP contribution is -2.16. The van der Waals surface area contributed by atoms with Crippen molar-refractivity contribution in [2.45, 2.75) is 13.0 Å². The Morgan fingerprint density at radius 2 is 2.10 bits per heavy atom. The van der Waals surface area contributed by atoms with E-state index in [9.17, 15) is 0 Å². The maximum Gasteiger partial charge on any atom is 0.231 e. The predicted octanol–water partition coefficient (Wildman–Crippen LogP) is 2.18. The highest BCUT2D eigenvalue weighted by atomic mass is 35.5. The molecule has 4 rings (SSSR count). The van der Waals surface area contributed by atoms with Gasteiger partial charge in [0.25, 0.3) is 0 Å². The Bertz CT molecular complexity index is 736. The lowest BCUT2D eigenvalue weighted by molar-refractivity contribution is 0.109. The minimum Gasteiger partial charge on any atom is -0.454 e. The predicted molar refractivity (Wildman–Crippen MR) is 76.4 cm³/mol. The molecule has 3 heterocycles. The second kappa shape index (κ2) is 4.75. The van der Waals surface area contributed by atoms with E-state index in [1.54, 1.807) is 6.07 Å². The highest BCUT2D eigenvalue weighted by Crippen LogP contribution is 2.42. The number of fused-ring (bicyclic) bond motifs is 2. The molecule has 0 fully saturated rings. The standard InChI is InChI=1S/C14H12ClN3O3/c15-9-3-7(4-11-12(9)21-6-20-11)14-17-10-1-2-19-5-8(10)13(16)18-14/h3-4H,1-2,5-6H2,(H2,16,17,18). The number of nitrogens with zero attached hydrogens (tertiary/aromatic N) is 2. The molecule has 6 nitrogen and oxygen atoms in total. The summed E-state index contributed by atoms with van der Waals surface area (Å²) >= 11 is 6.20. The molecule has 0 amide bonds. The highest BCUT2D eigenvalue weighted by Gasteiger charge is 2.22. The number of hydrogen-bond acceptors (Lipinski definition) is 6. The first-order chi connectivity index (χ1) is 10.2. The lowest BCUT2D eigenvalue weighted by Gasteiger charge is -2.17. The summed E-state index contributed by atoms with van der Waals surface area (Å²) < 4.78 is 16.1. The normalized spacial score (nSPS) is 15.9. The summed E-state index contributed by atoms with van der Waals surface area (Å²) in [7, 11) is 0. The maximum atomic E-state index is 6.20. The van der Waals surface area contributed by atoms with Crippen LogP contribution in [-0.2, 0) is 17.8 Å². The number of halogens is 1. The molecule has 0 saturated heterocycles. The summed E-state index contributed by atoms with van der Waals surface area (Å²) in [6.45, 7) is 1.27. The third kappa shape index (κ3) is 2.07. The van der Waals surface area contributed by atoms with Crippen molar-refractivity contribution in [2.24, 2.45) is 0 Å². The highest BCUT2D eigenvalue weighted by molar-refractivity contribution is 6.32. The summed E-state index contributed by atoms with van der Waals surface area (Å²) in [5.74, 6) is 2.14. The van der Waals surface area contributed by atoms with Gasteiger partial charge in [0.1, 0.15) is 5.82 Å². The van der Waals surface area contributed by atoms with Crippen LogP contribution in [0.4, 0.5) is 5.82 Å². The molecule has 7 heteroatoms. The number of rotatable bonds is 1. The summed E-state index contributed by atoms with van der Waals surface area (Å²) in [5, 5.41) is 0.475. The van der Waals surface area contributed by atoms with Gasteiger partial charge in [0.05, 0.1) is 23.9 Å². The zero-order valence-electron chi connectivity index (χ0n) is 11.1. The van der Waals surface area contributed by atoms with Crippen molar-refractivity contribution in [3.63, 3.8) is 0 Å². The largest absolute Gasteiger partial charge is 0.454 e. The van der Waals surface area contributed by atoms with Crippen molar-refractivity contribution in [1.82, 2.24) is 9.97 Å². The number of ether oxygens (including phenoxy) is 3. The molecule has 0 aliphatic carbocycles. The van der Waals surface area contributed by atoms with E-state index in [0.717, 1.165) is 23.2 Å². The van der Waals surface area contributed by atoms with Crippen LogP contribution >= 0.6 is 11.6 Å². The second-order valence-corrected chi connectivity index (χ2v) is 5.26. The van der Waals surface area contributed by atoms with Gasteiger partial charge < -0.3 is 19.9 Å². The fraction of sp³-hybridized carbons (Fsp3) is 0.286. The van der Waals surface area contributed by atoms with Gasteiger partial charge in [0.2, 0.25) is 6.79 Å². The number of benzene rings is 1. The molecule has 2 aliphatic rings. The van der Waals surface area contributed by atoms with Crippen molar-refractivity contribution < 1.29 is 14.2 Å². The van der Waals surface area contributed by atoms with Crippen molar-refractivity contribution in [3.8, 4) is 22.9 Å². The molecule has 108 valence electrons. The Labute approximate surface area is 125 Å². The van der Waals surface area contributed by atoms with E-state index in [-0.39, 0.29) is 6.79 Å². The Balaban J connectivity index is 1.84. The number of nitrogens with two attached hydrogens (primary N) is 1. The van der Waals surface area contributed by atoms with E-state index in [1.807, 2.05) is 6.07 Å². The van der Waals surface area contributed by atoms with Crippen LogP contribution in [0.5, 0.6) is 11.5 Å².